The van der Waals surface area contributed by atoms with Gasteiger partial charge < -0.3 is 19.3 Å². The number of rotatable bonds is 3. The van der Waals surface area contributed by atoms with Crippen LogP contribution < -0.4 is 4.74 Å². The summed E-state index contributed by atoms with van der Waals surface area (Å²) in [4.78, 5) is 20.2. The second-order valence-electron chi connectivity index (χ2n) is 7.53. The lowest BCUT2D eigenvalue weighted by atomic mass is 9.84. The van der Waals surface area contributed by atoms with Gasteiger partial charge in [-0.1, -0.05) is 25.9 Å². The number of carboxylic acid groups (broad SMARTS) is 1. The van der Waals surface area contributed by atoms with Crippen molar-refractivity contribution in [2.24, 2.45) is 5.41 Å². The van der Waals surface area contributed by atoms with Crippen molar-refractivity contribution in [2.75, 3.05) is 6.54 Å². The highest BCUT2D eigenvalue weighted by Crippen LogP contribution is 2.35. The molecule has 0 aliphatic carbocycles. The van der Waals surface area contributed by atoms with Crippen molar-refractivity contribution in [3.63, 3.8) is 0 Å². The van der Waals surface area contributed by atoms with Crippen LogP contribution in [0.5, 0.6) is 5.75 Å². The van der Waals surface area contributed by atoms with E-state index in [2.05, 4.69) is 19.6 Å². The monoisotopic (exact) mass is 400 g/mol. The van der Waals surface area contributed by atoms with Gasteiger partial charge in [0.05, 0.1) is 12.2 Å². The molecule has 11 heteroatoms. The van der Waals surface area contributed by atoms with Gasteiger partial charge in [0.15, 0.2) is 0 Å². The van der Waals surface area contributed by atoms with E-state index in [0.717, 1.165) is 0 Å². The minimum atomic E-state index is -4.73. The number of nitrogens with zero attached hydrogens (tertiary/aromatic N) is 4. The summed E-state index contributed by atoms with van der Waals surface area (Å²) >= 11 is 0. The molecule has 8 nitrogen and oxygen atoms in total. The van der Waals surface area contributed by atoms with E-state index in [1.54, 1.807) is 0 Å². The van der Waals surface area contributed by atoms with Crippen LogP contribution in [-0.4, -0.2) is 49.9 Å². The predicted octanol–water partition coefficient (Wildman–Crippen LogP) is 3.70. The highest BCUT2D eigenvalue weighted by atomic mass is 19.4. The van der Waals surface area contributed by atoms with Crippen molar-refractivity contribution >= 4 is 6.09 Å². The molecule has 0 saturated carbocycles. The first-order valence-corrected chi connectivity index (χ1v) is 8.50. The van der Waals surface area contributed by atoms with Gasteiger partial charge in [-0.2, -0.15) is 18.2 Å². The molecule has 1 aliphatic rings. The smallest absolute Gasteiger partial charge is 0.471 e. The first-order valence-electron chi connectivity index (χ1n) is 8.50. The maximum Gasteiger partial charge on any atom is 0.471 e. The summed E-state index contributed by atoms with van der Waals surface area (Å²) in [5.41, 5.74) is -0.247. The van der Waals surface area contributed by atoms with Crippen LogP contribution in [0.3, 0.4) is 0 Å². The second kappa shape index (κ2) is 6.95. The molecule has 28 heavy (non-hydrogen) atoms. The van der Waals surface area contributed by atoms with Gasteiger partial charge in [-0.25, -0.2) is 9.78 Å². The molecule has 0 aromatic carbocycles. The number of alkyl halides is 3. The molecule has 1 saturated heterocycles. The fourth-order valence-electron chi connectivity index (χ4n) is 3.33. The number of hydrogen-bond donors (Lipinski definition) is 1. The Labute approximate surface area is 158 Å². The quantitative estimate of drug-likeness (QED) is 0.838. The molecule has 0 spiro atoms. The molecular weight excluding hydrogens is 381 g/mol. The van der Waals surface area contributed by atoms with Crippen molar-refractivity contribution < 1.29 is 32.3 Å². The van der Waals surface area contributed by atoms with E-state index in [1.807, 2.05) is 20.8 Å². The van der Waals surface area contributed by atoms with E-state index >= 15 is 0 Å². The summed E-state index contributed by atoms with van der Waals surface area (Å²) in [6, 6.07) is 2.59. The van der Waals surface area contributed by atoms with Crippen molar-refractivity contribution in [1.29, 1.82) is 0 Å². The van der Waals surface area contributed by atoms with Crippen molar-refractivity contribution in [3.05, 3.63) is 24.2 Å². The minimum absolute atomic E-state index is 0.0950. The molecule has 152 valence electrons. The Balaban J connectivity index is 1.75. The zero-order chi connectivity index (χ0) is 20.7. The molecule has 0 radical (unpaired) electrons. The van der Waals surface area contributed by atoms with E-state index in [4.69, 9.17) is 4.74 Å². The summed E-state index contributed by atoms with van der Waals surface area (Å²) in [6.07, 6.45) is -4.24. The third-order valence-corrected chi connectivity index (χ3v) is 4.40. The summed E-state index contributed by atoms with van der Waals surface area (Å²) in [6.45, 7) is 6.16. The van der Waals surface area contributed by atoms with Gasteiger partial charge in [0.2, 0.25) is 5.82 Å². The van der Waals surface area contributed by atoms with Crippen molar-refractivity contribution in [2.45, 2.75) is 45.5 Å². The van der Waals surface area contributed by atoms with Crippen LogP contribution in [0.1, 0.15) is 33.1 Å². The number of ether oxygens (including phenoxy) is 1. The molecule has 2 atom stereocenters. The topological polar surface area (TPSA) is 102 Å². The Bertz CT molecular complexity index is 845. The van der Waals surface area contributed by atoms with Crippen LogP contribution in [0.25, 0.3) is 11.5 Å². The first kappa shape index (κ1) is 19.9. The van der Waals surface area contributed by atoms with Crippen LogP contribution in [0, 0.1) is 5.41 Å². The zero-order valence-corrected chi connectivity index (χ0v) is 15.4. The predicted molar refractivity (Wildman–Crippen MR) is 89.5 cm³/mol. The average Bonchev–Trinajstić information content (AvgIpc) is 3.21. The fourth-order valence-corrected chi connectivity index (χ4v) is 3.33. The van der Waals surface area contributed by atoms with Gasteiger partial charge in [-0.05, 0) is 17.5 Å². The molecule has 3 rings (SSSR count). The lowest BCUT2D eigenvalue weighted by Crippen LogP contribution is -2.48. The van der Waals surface area contributed by atoms with Crippen molar-refractivity contribution in [1.82, 2.24) is 20.0 Å². The SMILES string of the molecule is CC(C)(C)C1C(Oc2ccc(-c3noc(C(F)(F)F)n3)nc2)CCN1C(=O)O. The molecule has 1 fully saturated rings. The number of carbonyl (C=O) groups is 1. The molecule has 1 amide bonds. The summed E-state index contributed by atoms with van der Waals surface area (Å²) < 4.78 is 47.8. The van der Waals surface area contributed by atoms with Gasteiger partial charge in [0.25, 0.3) is 0 Å². The lowest BCUT2D eigenvalue weighted by Gasteiger charge is -2.36. The highest BCUT2D eigenvalue weighted by molar-refractivity contribution is 5.66. The summed E-state index contributed by atoms with van der Waals surface area (Å²) in [5, 5.41) is 12.7. The zero-order valence-electron chi connectivity index (χ0n) is 15.4. The fraction of sp³-hybridized carbons (Fsp3) is 0.529. The van der Waals surface area contributed by atoms with Crippen LogP contribution in [0.4, 0.5) is 18.0 Å². The van der Waals surface area contributed by atoms with Gasteiger partial charge in [-0.15, -0.1) is 0 Å². The van der Waals surface area contributed by atoms with Crippen LogP contribution >= 0.6 is 0 Å². The number of aromatic nitrogens is 3. The normalized spacial score (nSPS) is 20.4. The molecule has 1 N–H and O–H groups in total. The number of amides is 1. The first-order chi connectivity index (χ1) is 13.0. The third-order valence-electron chi connectivity index (χ3n) is 4.40. The molecule has 2 aromatic rings. The molecule has 0 bridgehead atoms. The van der Waals surface area contributed by atoms with Gasteiger partial charge in [0, 0.05) is 13.0 Å². The van der Waals surface area contributed by atoms with E-state index in [-0.39, 0.29) is 29.1 Å². The number of hydrogen-bond acceptors (Lipinski definition) is 6. The van der Waals surface area contributed by atoms with Crippen LogP contribution in [0.15, 0.2) is 22.9 Å². The van der Waals surface area contributed by atoms with E-state index in [9.17, 15) is 23.1 Å². The summed E-state index contributed by atoms with van der Waals surface area (Å²) in [7, 11) is 0. The Morgan fingerprint density at radius 2 is 2.04 bits per heavy atom. The molecule has 2 unspecified atom stereocenters. The standard InChI is InChI=1S/C17H19F3N4O4/c1-16(2,3)12-11(6-7-24(12)15(25)26)27-9-4-5-10(21-8-9)13-22-14(28-23-13)17(18,19)20/h4-5,8,11-12H,6-7H2,1-3H3,(H,25,26). The average molecular weight is 400 g/mol. The second-order valence-corrected chi connectivity index (χ2v) is 7.53. The molecule has 1 aliphatic heterocycles. The Morgan fingerprint density at radius 3 is 2.54 bits per heavy atom. The minimum Gasteiger partial charge on any atom is -0.487 e. The maximum atomic E-state index is 12.5. The maximum absolute atomic E-state index is 12.5. The Kier molecular flexibility index (Phi) is 4.94. The summed E-state index contributed by atoms with van der Waals surface area (Å²) in [5.74, 6) is -1.36. The van der Waals surface area contributed by atoms with Crippen molar-refractivity contribution in [3.8, 4) is 17.3 Å². The Hall–Kier alpha value is -2.85. The van der Waals surface area contributed by atoms with Crippen LogP contribution in [0.2, 0.25) is 0 Å². The van der Waals surface area contributed by atoms with Gasteiger partial charge in [0.1, 0.15) is 17.5 Å². The molecule has 3 heterocycles. The van der Waals surface area contributed by atoms with E-state index in [0.29, 0.717) is 18.7 Å². The third kappa shape index (κ3) is 4.02. The van der Waals surface area contributed by atoms with Crippen LogP contribution in [-0.2, 0) is 6.18 Å². The van der Waals surface area contributed by atoms with E-state index < -0.39 is 18.2 Å². The number of halogens is 3. The lowest BCUT2D eigenvalue weighted by molar-refractivity contribution is -0.159. The Morgan fingerprint density at radius 1 is 1.32 bits per heavy atom. The van der Waals surface area contributed by atoms with Gasteiger partial charge >= 0.3 is 18.2 Å². The molecule has 2 aromatic heterocycles. The van der Waals surface area contributed by atoms with Gasteiger partial charge in [-0.3, -0.25) is 0 Å². The largest absolute Gasteiger partial charge is 0.487 e. The van der Waals surface area contributed by atoms with E-state index in [1.165, 1.54) is 23.2 Å². The highest BCUT2D eigenvalue weighted by Gasteiger charge is 2.45. The number of pyridine rings is 1. The number of likely N-dealkylation sites (tertiary alicyclic amines) is 1. The molecular formula is C17H19F3N4O4.